The van der Waals surface area contributed by atoms with E-state index < -0.39 is 22.8 Å². The van der Waals surface area contributed by atoms with Crippen LogP contribution < -0.4 is 9.64 Å². The van der Waals surface area contributed by atoms with Crippen LogP contribution in [0, 0.1) is 17.0 Å². The quantitative estimate of drug-likeness (QED) is 0.481. The number of hydrogen-bond acceptors (Lipinski definition) is 5. The first-order valence-corrected chi connectivity index (χ1v) is 8.63. The molecule has 1 heterocycles. The smallest absolute Gasteiger partial charge is 0.326 e. The number of carbonyl (C=O) groups is 2. The third-order valence-corrected chi connectivity index (χ3v) is 4.41. The number of benzene rings is 2. The minimum atomic E-state index is -1.11. The molecular formula is C20H18N2O6. The molecule has 2 aromatic rings. The minimum Gasteiger partial charge on any atom is -0.480 e. The number of aryl methyl sites for hydroxylation is 1. The third-order valence-electron chi connectivity index (χ3n) is 4.41. The molecule has 1 aliphatic rings. The first kappa shape index (κ1) is 19.1. The number of nitro benzene ring substituents is 1. The van der Waals surface area contributed by atoms with E-state index in [1.807, 2.05) is 6.92 Å². The number of nitro groups is 1. The number of rotatable bonds is 5. The highest BCUT2D eigenvalue weighted by Gasteiger charge is 2.37. The van der Waals surface area contributed by atoms with Gasteiger partial charge in [-0.05, 0) is 54.8 Å². The molecule has 0 radical (unpaired) electrons. The minimum absolute atomic E-state index is 0.0510. The van der Waals surface area contributed by atoms with Gasteiger partial charge in [0.15, 0.2) is 11.5 Å². The van der Waals surface area contributed by atoms with Crippen LogP contribution in [0.2, 0.25) is 0 Å². The lowest BCUT2D eigenvalue weighted by atomic mass is 10.1. The van der Waals surface area contributed by atoms with Gasteiger partial charge in [-0.2, -0.15) is 0 Å². The second kappa shape index (κ2) is 7.51. The predicted octanol–water partition coefficient (Wildman–Crippen LogP) is 3.53. The molecule has 1 unspecified atom stereocenters. The molecule has 0 saturated carbocycles. The Bertz CT molecular complexity index is 981. The molecule has 1 atom stereocenters. The molecule has 3 rings (SSSR count). The van der Waals surface area contributed by atoms with Gasteiger partial charge in [-0.15, -0.1) is 0 Å². The first-order chi connectivity index (χ1) is 13.3. The number of carbonyl (C=O) groups excluding carboxylic acids is 1. The fraction of sp³-hybridized carbons (Fsp3) is 0.200. The Morgan fingerprint density at radius 2 is 1.96 bits per heavy atom. The highest BCUT2D eigenvalue weighted by molar-refractivity contribution is 6.12. The molecule has 1 amide bonds. The van der Waals surface area contributed by atoms with Crippen molar-refractivity contribution in [2.24, 2.45) is 0 Å². The summed E-state index contributed by atoms with van der Waals surface area (Å²) in [6.07, 6.45) is 1.66. The molecule has 0 aliphatic carbocycles. The van der Waals surface area contributed by atoms with Gasteiger partial charge in [-0.1, -0.05) is 13.0 Å². The number of non-ortho nitro benzene ring substituents is 1. The maximum atomic E-state index is 13.0. The molecule has 0 spiro atoms. The van der Waals surface area contributed by atoms with E-state index in [1.165, 1.54) is 35.2 Å². The van der Waals surface area contributed by atoms with Gasteiger partial charge in [0.2, 0.25) is 0 Å². The fourth-order valence-corrected chi connectivity index (χ4v) is 3.00. The molecule has 0 bridgehead atoms. The van der Waals surface area contributed by atoms with E-state index in [9.17, 15) is 24.8 Å². The SMILES string of the molecule is CCC(C(=O)O)N1C(=O)/C(=C\c2ccc([N+](=O)[O-])cc2)Oc2ccc(C)cc21. The molecule has 2 aromatic carbocycles. The number of anilines is 1. The molecule has 1 N–H and O–H groups in total. The van der Waals surface area contributed by atoms with Crippen LogP contribution in [0.25, 0.3) is 6.08 Å². The number of amides is 1. The molecule has 0 aromatic heterocycles. The van der Waals surface area contributed by atoms with Gasteiger partial charge in [-0.25, -0.2) is 4.79 Å². The molecule has 28 heavy (non-hydrogen) atoms. The van der Waals surface area contributed by atoms with Crippen LogP contribution >= 0.6 is 0 Å². The summed E-state index contributed by atoms with van der Waals surface area (Å²) >= 11 is 0. The van der Waals surface area contributed by atoms with Gasteiger partial charge >= 0.3 is 5.97 Å². The average Bonchev–Trinajstić information content (AvgIpc) is 2.65. The summed E-state index contributed by atoms with van der Waals surface area (Å²) in [7, 11) is 0. The van der Waals surface area contributed by atoms with Crippen molar-refractivity contribution >= 4 is 29.3 Å². The number of carboxylic acids is 1. The van der Waals surface area contributed by atoms with Crippen molar-refractivity contribution in [1.29, 1.82) is 0 Å². The summed E-state index contributed by atoms with van der Waals surface area (Å²) in [5.41, 5.74) is 1.72. The summed E-state index contributed by atoms with van der Waals surface area (Å²) in [6.45, 7) is 3.53. The average molecular weight is 382 g/mol. The monoisotopic (exact) mass is 382 g/mol. The standard InChI is InChI=1S/C20H18N2O6/c1-3-15(20(24)25)21-16-10-12(2)4-9-17(16)28-18(19(21)23)11-13-5-7-14(8-6-13)22(26)27/h4-11,15H,3H2,1-2H3,(H,24,25)/b18-11+. The van der Waals surface area contributed by atoms with Crippen molar-refractivity contribution in [2.75, 3.05) is 4.90 Å². The molecule has 144 valence electrons. The largest absolute Gasteiger partial charge is 0.480 e. The van der Waals surface area contributed by atoms with Crippen LogP contribution in [0.5, 0.6) is 5.75 Å². The maximum Gasteiger partial charge on any atom is 0.326 e. The van der Waals surface area contributed by atoms with E-state index in [4.69, 9.17) is 4.74 Å². The number of aliphatic carboxylic acids is 1. The molecule has 1 aliphatic heterocycles. The number of nitrogens with zero attached hydrogens (tertiary/aromatic N) is 2. The van der Waals surface area contributed by atoms with E-state index in [0.717, 1.165) is 5.56 Å². The number of carboxylic acid groups (broad SMARTS) is 1. The van der Waals surface area contributed by atoms with E-state index in [0.29, 0.717) is 17.0 Å². The van der Waals surface area contributed by atoms with E-state index in [1.54, 1.807) is 25.1 Å². The van der Waals surface area contributed by atoms with Gasteiger partial charge in [0.05, 0.1) is 10.6 Å². The van der Waals surface area contributed by atoms with Crippen LogP contribution in [0.1, 0.15) is 24.5 Å². The Balaban J connectivity index is 2.07. The summed E-state index contributed by atoms with van der Waals surface area (Å²) in [6, 6.07) is 9.78. The van der Waals surface area contributed by atoms with E-state index in [2.05, 4.69) is 0 Å². The highest BCUT2D eigenvalue weighted by Crippen LogP contribution is 2.38. The van der Waals surface area contributed by atoms with Crippen molar-refractivity contribution in [3.05, 3.63) is 69.5 Å². The lowest BCUT2D eigenvalue weighted by Crippen LogP contribution is -2.48. The van der Waals surface area contributed by atoms with Gasteiger partial charge in [0, 0.05) is 12.1 Å². The van der Waals surface area contributed by atoms with Crippen molar-refractivity contribution < 1.29 is 24.4 Å². The molecule has 8 heteroatoms. The zero-order valence-corrected chi connectivity index (χ0v) is 15.3. The normalized spacial score (nSPS) is 15.7. The Kier molecular flexibility index (Phi) is 5.12. The van der Waals surface area contributed by atoms with Gasteiger partial charge in [0.1, 0.15) is 6.04 Å². The Morgan fingerprint density at radius 1 is 1.29 bits per heavy atom. The lowest BCUT2D eigenvalue weighted by Gasteiger charge is -2.34. The van der Waals surface area contributed by atoms with Crippen LogP contribution in [-0.4, -0.2) is 27.9 Å². The van der Waals surface area contributed by atoms with Crippen molar-refractivity contribution in [2.45, 2.75) is 26.3 Å². The van der Waals surface area contributed by atoms with E-state index >= 15 is 0 Å². The topological polar surface area (TPSA) is 110 Å². The van der Waals surface area contributed by atoms with Crippen molar-refractivity contribution in [1.82, 2.24) is 0 Å². The highest BCUT2D eigenvalue weighted by atomic mass is 16.6. The van der Waals surface area contributed by atoms with Crippen LogP contribution in [0.4, 0.5) is 11.4 Å². The number of ether oxygens (including phenoxy) is 1. The lowest BCUT2D eigenvalue weighted by molar-refractivity contribution is -0.384. The van der Waals surface area contributed by atoms with Crippen LogP contribution in [-0.2, 0) is 9.59 Å². The van der Waals surface area contributed by atoms with E-state index in [-0.39, 0.29) is 17.9 Å². The molecule has 0 saturated heterocycles. The molecule has 8 nitrogen and oxygen atoms in total. The van der Waals surface area contributed by atoms with Gasteiger partial charge in [-0.3, -0.25) is 19.8 Å². The molecule has 0 fully saturated rings. The fourth-order valence-electron chi connectivity index (χ4n) is 3.00. The summed E-state index contributed by atoms with van der Waals surface area (Å²) in [4.78, 5) is 36.3. The zero-order chi connectivity index (χ0) is 20.4. The van der Waals surface area contributed by atoms with Crippen molar-refractivity contribution in [3.8, 4) is 5.75 Å². The summed E-state index contributed by atoms with van der Waals surface area (Å²) in [5.74, 6) is -1.37. The Labute approximate surface area is 160 Å². The number of fused-ring (bicyclic) bond motifs is 1. The first-order valence-electron chi connectivity index (χ1n) is 8.63. The third kappa shape index (κ3) is 3.57. The zero-order valence-electron chi connectivity index (χ0n) is 15.3. The van der Waals surface area contributed by atoms with Gasteiger partial charge < -0.3 is 9.84 Å². The van der Waals surface area contributed by atoms with Crippen molar-refractivity contribution in [3.63, 3.8) is 0 Å². The van der Waals surface area contributed by atoms with Crippen LogP contribution in [0.15, 0.2) is 48.2 Å². The van der Waals surface area contributed by atoms with Crippen LogP contribution in [0.3, 0.4) is 0 Å². The van der Waals surface area contributed by atoms with Gasteiger partial charge in [0.25, 0.3) is 11.6 Å². The second-order valence-electron chi connectivity index (χ2n) is 6.37. The second-order valence-corrected chi connectivity index (χ2v) is 6.37. The number of hydrogen-bond donors (Lipinski definition) is 1. The predicted molar refractivity (Wildman–Crippen MR) is 102 cm³/mol. The maximum absolute atomic E-state index is 13.0. The Hall–Kier alpha value is -3.68. The summed E-state index contributed by atoms with van der Waals surface area (Å²) in [5, 5.41) is 20.4. The summed E-state index contributed by atoms with van der Waals surface area (Å²) < 4.78 is 5.73. The Morgan fingerprint density at radius 3 is 2.54 bits per heavy atom. The molecular weight excluding hydrogens is 364 g/mol.